The molecule has 0 fully saturated rings. The highest BCUT2D eigenvalue weighted by Gasteiger charge is 2.01. The van der Waals surface area contributed by atoms with Gasteiger partial charge >= 0.3 is 0 Å². The van der Waals surface area contributed by atoms with Gasteiger partial charge in [-0.05, 0) is 29.7 Å². The van der Waals surface area contributed by atoms with Gasteiger partial charge in [-0.15, -0.1) is 0 Å². The minimum Gasteiger partial charge on any atom is -0.493 e. The van der Waals surface area contributed by atoms with E-state index in [9.17, 15) is 4.79 Å². The van der Waals surface area contributed by atoms with Crippen LogP contribution in [0.1, 0.15) is 32.6 Å². The first-order valence-electron chi connectivity index (χ1n) is 9.14. The van der Waals surface area contributed by atoms with Crippen LogP contribution in [0.15, 0.2) is 59.8 Å². The maximum atomic E-state index is 12.2. The molecular formula is C21H26N2O2. The summed E-state index contributed by atoms with van der Waals surface area (Å²) in [5, 5.41) is 2.51. The van der Waals surface area contributed by atoms with Crippen molar-refractivity contribution in [2.45, 2.75) is 45.7 Å². The Morgan fingerprint density at radius 2 is 1.72 bits per heavy atom. The molecule has 25 heavy (non-hydrogen) atoms. The second-order valence-electron chi connectivity index (χ2n) is 6.43. The molecule has 1 aromatic carbocycles. The van der Waals surface area contributed by atoms with Crippen LogP contribution >= 0.6 is 0 Å². The molecule has 0 saturated carbocycles. The molecule has 2 heterocycles. The molecule has 0 spiro atoms. The number of benzene rings is 1. The summed E-state index contributed by atoms with van der Waals surface area (Å²) in [6, 6.07) is 11.8. The maximum Gasteiger partial charge on any atom is 0.254 e. The van der Waals surface area contributed by atoms with Crippen LogP contribution < -0.4 is 10.3 Å². The topological polar surface area (TPSA) is 36.2 Å². The first-order valence-corrected chi connectivity index (χ1v) is 9.14. The van der Waals surface area contributed by atoms with Crippen LogP contribution in [0.3, 0.4) is 0 Å². The molecule has 0 aliphatic carbocycles. The molecule has 0 amide bonds. The average Bonchev–Trinajstić information content (AvgIpc) is 3.03. The number of nitrogens with zero attached hydrogens (tertiary/aromatic N) is 2. The number of fused-ring (bicyclic) bond motifs is 1. The summed E-state index contributed by atoms with van der Waals surface area (Å²) < 4.78 is 9.58. The van der Waals surface area contributed by atoms with E-state index in [-0.39, 0.29) is 5.56 Å². The fraction of sp³-hybridized carbons (Fsp3) is 0.381. The Labute approximate surface area is 148 Å². The molecule has 0 radical (unpaired) electrons. The number of hydrogen-bond acceptors (Lipinski definition) is 2. The van der Waals surface area contributed by atoms with Gasteiger partial charge in [-0.3, -0.25) is 4.79 Å². The van der Waals surface area contributed by atoms with Crippen molar-refractivity contribution >= 4 is 10.8 Å². The molecule has 0 N–H and O–H groups in total. The zero-order valence-corrected chi connectivity index (χ0v) is 14.9. The lowest BCUT2D eigenvalue weighted by molar-refractivity contribution is 0.305. The molecule has 0 aliphatic heterocycles. The number of unbranched alkanes of at least 4 members (excludes halogenated alkanes) is 2. The third-order valence-corrected chi connectivity index (χ3v) is 4.41. The molecule has 3 rings (SSSR count). The van der Waals surface area contributed by atoms with E-state index in [0.29, 0.717) is 18.9 Å². The lowest BCUT2D eigenvalue weighted by atomic mass is 10.2. The molecule has 2 aromatic heterocycles. The normalized spacial score (nSPS) is 11.1. The molecule has 4 heteroatoms. The van der Waals surface area contributed by atoms with Gasteiger partial charge in [0.05, 0.1) is 6.61 Å². The third-order valence-electron chi connectivity index (χ3n) is 4.41. The van der Waals surface area contributed by atoms with E-state index in [1.54, 1.807) is 10.6 Å². The van der Waals surface area contributed by atoms with Crippen molar-refractivity contribution in [3.63, 3.8) is 0 Å². The van der Waals surface area contributed by atoms with E-state index in [1.807, 2.05) is 12.3 Å². The minimum atomic E-state index is 0.00524. The summed E-state index contributed by atoms with van der Waals surface area (Å²) in [5.41, 5.74) is 0.00524. The molecule has 0 aliphatic rings. The Balaban J connectivity index is 1.51. The van der Waals surface area contributed by atoms with Crippen LogP contribution in [-0.2, 0) is 13.1 Å². The number of hydrogen-bond donors (Lipinski definition) is 0. The van der Waals surface area contributed by atoms with E-state index in [2.05, 4.69) is 48.1 Å². The van der Waals surface area contributed by atoms with Gasteiger partial charge in [0, 0.05) is 37.7 Å². The fourth-order valence-corrected chi connectivity index (χ4v) is 3.00. The Hall–Kier alpha value is -2.49. The zero-order valence-electron chi connectivity index (χ0n) is 14.9. The van der Waals surface area contributed by atoms with Crippen molar-refractivity contribution in [2.75, 3.05) is 6.61 Å². The van der Waals surface area contributed by atoms with E-state index in [0.717, 1.165) is 25.8 Å². The van der Waals surface area contributed by atoms with Crippen molar-refractivity contribution in [2.24, 2.45) is 0 Å². The average molecular weight is 338 g/mol. The molecule has 0 bridgehead atoms. The Bertz CT molecular complexity index is 830. The summed E-state index contributed by atoms with van der Waals surface area (Å²) in [5.74, 6) is 0.675. The SMILES string of the molecule is CCCCCOc1ccn(CCCn2cc3ccccc3c2)c(=O)c1. The van der Waals surface area contributed by atoms with Crippen molar-refractivity contribution in [3.05, 3.63) is 65.3 Å². The Kier molecular flexibility index (Phi) is 5.94. The third kappa shape index (κ3) is 4.75. The van der Waals surface area contributed by atoms with Crippen LogP contribution in [0.2, 0.25) is 0 Å². The van der Waals surface area contributed by atoms with Gasteiger partial charge in [-0.1, -0.05) is 44.0 Å². The van der Waals surface area contributed by atoms with Gasteiger partial charge < -0.3 is 13.9 Å². The van der Waals surface area contributed by atoms with Gasteiger partial charge in [-0.2, -0.15) is 0 Å². The van der Waals surface area contributed by atoms with Gasteiger partial charge in [0.1, 0.15) is 5.75 Å². The van der Waals surface area contributed by atoms with Crippen LogP contribution in [-0.4, -0.2) is 15.7 Å². The first-order chi connectivity index (χ1) is 12.3. The molecule has 0 saturated heterocycles. The van der Waals surface area contributed by atoms with Crippen LogP contribution in [0.25, 0.3) is 10.8 Å². The quantitative estimate of drug-likeness (QED) is 0.540. The largest absolute Gasteiger partial charge is 0.493 e. The number of rotatable bonds is 9. The van der Waals surface area contributed by atoms with Crippen LogP contribution in [0, 0.1) is 0 Å². The van der Waals surface area contributed by atoms with Gasteiger partial charge in [0.25, 0.3) is 5.56 Å². The maximum absolute atomic E-state index is 12.2. The van der Waals surface area contributed by atoms with E-state index < -0.39 is 0 Å². The van der Waals surface area contributed by atoms with E-state index in [4.69, 9.17) is 4.74 Å². The second kappa shape index (κ2) is 8.56. The highest BCUT2D eigenvalue weighted by molar-refractivity contribution is 5.81. The Morgan fingerprint density at radius 3 is 2.40 bits per heavy atom. The van der Waals surface area contributed by atoms with Gasteiger partial charge in [0.15, 0.2) is 0 Å². The van der Waals surface area contributed by atoms with Crippen LogP contribution in [0.4, 0.5) is 0 Å². The second-order valence-corrected chi connectivity index (χ2v) is 6.43. The minimum absolute atomic E-state index is 0.00524. The number of ether oxygens (including phenoxy) is 1. The van der Waals surface area contributed by atoms with Crippen molar-refractivity contribution in [1.29, 1.82) is 0 Å². The fourth-order valence-electron chi connectivity index (χ4n) is 3.00. The van der Waals surface area contributed by atoms with E-state index in [1.165, 1.54) is 17.2 Å². The summed E-state index contributed by atoms with van der Waals surface area (Å²) in [7, 11) is 0. The van der Waals surface area contributed by atoms with Crippen LogP contribution in [0.5, 0.6) is 5.75 Å². The first kappa shape index (κ1) is 17.3. The zero-order chi connectivity index (χ0) is 17.5. The summed E-state index contributed by atoms with van der Waals surface area (Å²) in [4.78, 5) is 12.2. The lowest BCUT2D eigenvalue weighted by Crippen LogP contribution is -2.19. The number of aryl methyl sites for hydroxylation is 2. The summed E-state index contributed by atoms with van der Waals surface area (Å²) in [6.45, 7) is 4.45. The number of pyridine rings is 1. The predicted molar refractivity (Wildman–Crippen MR) is 102 cm³/mol. The highest BCUT2D eigenvalue weighted by Crippen LogP contribution is 2.15. The van der Waals surface area contributed by atoms with Crippen molar-refractivity contribution in [3.8, 4) is 5.75 Å². The number of aromatic nitrogens is 2. The molecular weight excluding hydrogens is 312 g/mol. The molecule has 132 valence electrons. The molecule has 0 atom stereocenters. The highest BCUT2D eigenvalue weighted by atomic mass is 16.5. The smallest absolute Gasteiger partial charge is 0.254 e. The predicted octanol–water partition coefficient (Wildman–Crippen LogP) is 4.46. The van der Waals surface area contributed by atoms with Crippen molar-refractivity contribution in [1.82, 2.24) is 9.13 Å². The molecule has 4 nitrogen and oxygen atoms in total. The Morgan fingerprint density at radius 1 is 0.960 bits per heavy atom. The molecule has 3 aromatic rings. The molecule has 0 unspecified atom stereocenters. The lowest BCUT2D eigenvalue weighted by Gasteiger charge is -2.09. The van der Waals surface area contributed by atoms with Crippen molar-refractivity contribution < 1.29 is 4.74 Å². The standard InChI is InChI=1S/C21H26N2O2/c1-2-3-6-14-25-20-10-13-23(21(24)15-20)12-7-11-22-16-18-8-4-5-9-19(18)17-22/h4-5,8-10,13,15-17H,2-3,6-7,11-12,14H2,1H3. The summed E-state index contributed by atoms with van der Waals surface area (Å²) >= 11 is 0. The summed E-state index contributed by atoms with van der Waals surface area (Å²) in [6.07, 6.45) is 10.4. The van der Waals surface area contributed by atoms with E-state index >= 15 is 0 Å². The van der Waals surface area contributed by atoms with Gasteiger partial charge in [-0.25, -0.2) is 0 Å². The van der Waals surface area contributed by atoms with Gasteiger partial charge in [0.2, 0.25) is 0 Å². The monoisotopic (exact) mass is 338 g/mol.